The topological polar surface area (TPSA) is 66.7 Å². The zero-order valence-corrected chi connectivity index (χ0v) is 19.6. The van der Waals surface area contributed by atoms with E-state index in [-0.39, 0.29) is 16.5 Å². The maximum absolute atomic E-state index is 12.5. The zero-order chi connectivity index (χ0) is 23.3. The summed E-state index contributed by atoms with van der Waals surface area (Å²) in [6.07, 6.45) is 3.15. The van der Waals surface area contributed by atoms with Crippen molar-refractivity contribution in [1.82, 2.24) is 9.80 Å². The lowest BCUT2D eigenvalue weighted by atomic mass is 10.0. The summed E-state index contributed by atoms with van der Waals surface area (Å²) in [6, 6.07) is 13.1. The highest BCUT2D eigenvalue weighted by molar-refractivity contribution is 7.99. The lowest BCUT2D eigenvalue weighted by Crippen LogP contribution is -2.47. The van der Waals surface area contributed by atoms with Crippen molar-refractivity contribution in [3.05, 3.63) is 82.1 Å². The smallest absolute Gasteiger partial charge is 0.283 e. The molecule has 2 aromatic rings. The van der Waals surface area contributed by atoms with Crippen molar-refractivity contribution in [1.29, 1.82) is 0 Å². The van der Waals surface area contributed by atoms with Gasteiger partial charge in [-0.25, -0.2) is 0 Å². The van der Waals surface area contributed by atoms with Gasteiger partial charge in [-0.05, 0) is 42.2 Å². The summed E-state index contributed by atoms with van der Waals surface area (Å²) >= 11 is 1.40. The van der Waals surface area contributed by atoms with E-state index in [2.05, 4.69) is 31.4 Å². The Labute approximate surface area is 193 Å². The molecule has 0 aromatic heterocycles. The van der Waals surface area contributed by atoms with Gasteiger partial charge in [-0.15, -0.1) is 0 Å². The van der Waals surface area contributed by atoms with Crippen molar-refractivity contribution in [2.45, 2.75) is 36.5 Å². The van der Waals surface area contributed by atoms with Crippen LogP contribution in [0.2, 0.25) is 0 Å². The molecule has 6 nitrogen and oxygen atoms in total. The first-order valence-corrected chi connectivity index (χ1v) is 11.5. The van der Waals surface area contributed by atoms with Crippen LogP contribution in [-0.2, 0) is 4.79 Å². The van der Waals surface area contributed by atoms with Gasteiger partial charge in [0.1, 0.15) is 0 Å². The molecule has 0 atom stereocenters. The summed E-state index contributed by atoms with van der Waals surface area (Å²) in [4.78, 5) is 29.5. The van der Waals surface area contributed by atoms with Gasteiger partial charge in [0, 0.05) is 48.9 Å². The maximum Gasteiger partial charge on any atom is 0.283 e. The highest BCUT2D eigenvalue weighted by Crippen LogP contribution is 2.39. The number of nitro groups is 1. The van der Waals surface area contributed by atoms with Crippen LogP contribution in [0, 0.1) is 10.1 Å². The van der Waals surface area contributed by atoms with Crippen LogP contribution in [-0.4, -0.2) is 46.8 Å². The first kappa shape index (κ1) is 23.6. The van der Waals surface area contributed by atoms with Gasteiger partial charge in [-0.2, -0.15) is 0 Å². The highest BCUT2D eigenvalue weighted by Gasteiger charge is 2.20. The van der Waals surface area contributed by atoms with E-state index in [1.807, 2.05) is 31.2 Å². The molecule has 168 valence electrons. The van der Waals surface area contributed by atoms with E-state index < -0.39 is 0 Å². The largest absolute Gasteiger partial charge is 0.372 e. The molecule has 2 aromatic carbocycles. The Bertz CT molecular complexity index is 1040. The van der Waals surface area contributed by atoms with Crippen molar-refractivity contribution < 1.29 is 9.72 Å². The van der Waals surface area contributed by atoms with Crippen LogP contribution in [0.5, 0.6) is 0 Å². The van der Waals surface area contributed by atoms with Crippen molar-refractivity contribution in [2.75, 3.05) is 26.2 Å². The lowest BCUT2D eigenvalue weighted by Gasteiger charge is -2.35. The molecule has 7 heteroatoms. The first-order chi connectivity index (χ1) is 15.3. The van der Waals surface area contributed by atoms with E-state index in [0.717, 1.165) is 29.2 Å². The van der Waals surface area contributed by atoms with Gasteiger partial charge in [0.15, 0.2) is 0 Å². The fourth-order valence-electron chi connectivity index (χ4n) is 3.62. The SMILES string of the molecule is C=C(C)N1CCN(C(=O)/C=C/c2ccc(Sc3ccccc3C(C)C)c([N+](=O)[O-])c2)CC1. The molecule has 1 aliphatic heterocycles. The molecule has 0 radical (unpaired) electrons. The molecular formula is C25H29N3O3S. The Morgan fingerprint density at radius 2 is 1.75 bits per heavy atom. The number of amides is 1. The predicted molar refractivity (Wildman–Crippen MR) is 130 cm³/mol. The summed E-state index contributed by atoms with van der Waals surface area (Å²) in [5.41, 5.74) is 2.84. The minimum atomic E-state index is -0.365. The van der Waals surface area contributed by atoms with Gasteiger partial charge in [-0.1, -0.05) is 56.5 Å². The molecule has 0 unspecified atom stereocenters. The number of benzene rings is 2. The standard InChI is InChI=1S/C25H29N3O3S/c1-18(2)21-7-5-6-8-23(21)32-24-11-9-20(17-22(24)28(30)31)10-12-25(29)27-15-13-26(14-16-27)19(3)4/h5-12,17-18H,3,13-16H2,1-2,4H3/b12-10+. The van der Waals surface area contributed by atoms with E-state index in [4.69, 9.17) is 0 Å². The predicted octanol–water partition coefficient (Wildman–Crippen LogP) is 5.56. The Kier molecular flexibility index (Phi) is 7.75. The Morgan fingerprint density at radius 3 is 2.38 bits per heavy atom. The van der Waals surface area contributed by atoms with Crippen LogP contribution in [0.4, 0.5) is 5.69 Å². The number of allylic oxidation sites excluding steroid dienone is 1. The number of carbonyl (C=O) groups excluding carboxylic acids is 1. The minimum Gasteiger partial charge on any atom is -0.372 e. The third-order valence-corrected chi connectivity index (χ3v) is 6.65. The molecule has 0 saturated carbocycles. The lowest BCUT2D eigenvalue weighted by molar-refractivity contribution is -0.387. The fourth-order valence-corrected chi connectivity index (χ4v) is 4.80. The second-order valence-corrected chi connectivity index (χ2v) is 9.24. The van der Waals surface area contributed by atoms with Gasteiger partial charge < -0.3 is 9.80 Å². The van der Waals surface area contributed by atoms with E-state index in [1.54, 1.807) is 17.0 Å². The third-order valence-electron chi connectivity index (χ3n) is 5.49. The van der Waals surface area contributed by atoms with Crippen LogP contribution in [0.3, 0.4) is 0 Å². The highest BCUT2D eigenvalue weighted by atomic mass is 32.2. The summed E-state index contributed by atoms with van der Waals surface area (Å²) in [5, 5.41) is 11.7. The van der Waals surface area contributed by atoms with Gasteiger partial charge in [0.25, 0.3) is 5.69 Å². The average Bonchev–Trinajstić information content (AvgIpc) is 2.78. The number of hydrogen-bond acceptors (Lipinski definition) is 5. The second kappa shape index (κ2) is 10.5. The molecule has 1 saturated heterocycles. The molecule has 3 rings (SSSR count). The van der Waals surface area contributed by atoms with Gasteiger partial charge in [-0.3, -0.25) is 14.9 Å². The summed E-state index contributed by atoms with van der Waals surface area (Å²) in [6.45, 7) is 12.9. The van der Waals surface area contributed by atoms with Crippen LogP contribution in [0.1, 0.15) is 37.8 Å². The zero-order valence-electron chi connectivity index (χ0n) is 18.8. The molecule has 1 fully saturated rings. The maximum atomic E-state index is 12.5. The molecule has 1 amide bonds. The normalized spacial score (nSPS) is 14.2. The van der Waals surface area contributed by atoms with Crippen molar-refractivity contribution in [3.63, 3.8) is 0 Å². The minimum absolute atomic E-state index is 0.0400. The van der Waals surface area contributed by atoms with Gasteiger partial charge in [0.05, 0.1) is 9.82 Å². The fraction of sp³-hybridized carbons (Fsp3) is 0.320. The molecule has 1 heterocycles. The average molecular weight is 452 g/mol. The summed E-state index contributed by atoms with van der Waals surface area (Å²) in [5.74, 6) is 0.238. The third kappa shape index (κ3) is 5.79. The number of hydrogen-bond donors (Lipinski definition) is 0. The van der Waals surface area contributed by atoms with Crippen LogP contribution < -0.4 is 0 Å². The molecule has 1 aliphatic rings. The van der Waals surface area contributed by atoms with Crippen LogP contribution in [0.15, 0.2) is 70.6 Å². The van der Waals surface area contributed by atoms with Crippen molar-refractivity contribution in [2.24, 2.45) is 0 Å². The monoisotopic (exact) mass is 451 g/mol. The Balaban J connectivity index is 1.74. The van der Waals surface area contributed by atoms with Gasteiger partial charge in [0.2, 0.25) is 5.91 Å². The molecule has 0 N–H and O–H groups in total. The molecular weight excluding hydrogens is 422 g/mol. The number of nitrogens with zero attached hydrogens (tertiary/aromatic N) is 3. The van der Waals surface area contributed by atoms with Crippen molar-refractivity contribution >= 4 is 29.4 Å². The molecule has 0 aliphatic carbocycles. The molecule has 32 heavy (non-hydrogen) atoms. The van der Waals surface area contributed by atoms with E-state index in [0.29, 0.717) is 29.5 Å². The van der Waals surface area contributed by atoms with E-state index in [1.165, 1.54) is 23.9 Å². The number of rotatable bonds is 7. The summed E-state index contributed by atoms with van der Waals surface area (Å²) in [7, 11) is 0. The Morgan fingerprint density at radius 1 is 1.09 bits per heavy atom. The second-order valence-electron chi connectivity index (χ2n) is 8.16. The number of carbonyl (C=O) groups is 1. The van der Waals surface area contributed by atoms with E-state index in [9.17, 15) is 14.9 Å². The van der Waals surface area contributed by atoms with Crippen molar-refractivity contribution in [3.8, 4) is 0 Å². The van der Waals surface area contributed by atoms with Crippen LogP contribution in [0.25, 0.3) is 6.08 Å². The summed E-state index contributed by atoms with van der Waals surface area (Å²) < 4.78 is 0. The number of nitro benzene ring substituents is 1. The molecule has 0 spiro atoms. The van der Waals surface area contributed by atoms with Crippen LogP contribution >= 0.6 is 11.8 Å². The van der Waals surface area contributed by atoms with E-state index >= 15 is 0 Å². The number of piperazine rings is 1. The quantitative estimate of drug-likeness (QED) is 0.313. The first-order valence-electron chi connectivity index (χ1n) is 10.7. The Hall–Kier alpha value is -3.06. The molecule has 0 bridgehead atoms. The van der Waals surface area contributed by atoms with Gasteiger partial charge >= 0.3 is 0 Å².